The van der Waals surface area contributed by atoms with Crippen LogP contribution < -0.4 is 4.74 Å². The first-order valence-corrected chi connectivity index (χ1v) is 12.2. The highest BCUT2D eigenvalue weighted by atomic mass is 35.5. The molecule has 4 rings (SSSR count). The number of rotatable bonds is 8. The zero-order valence-electron chi connectivity index (χ0n) is 20.7. The molecule has 0 fully saturated rings. The maximum atomic E-state index is 15.1. The van der Waals surface area contributed by atoms with Crippen LogP contribution in [0.1, 0.15) is 24.5 Å². The maximum Gasteiger partial charge on any atom is 0.432 e. The predicted molar refractivity (Wildman–Crippen MR) is 136 cm³/mol. The van der Waals surface area contributed by atoms with E-state index in [0.29, 0.717) is 23.3 Å². The molecule has 4 aromatic carbocycles. The lowest BCUT2D eigenvalue weighted by Crippen LogP contribution is -2.25. The molecule has 0 aromatic heterocycles. The van der Waals surface area contributed by atoms with Crippen molar-refractivity contribution in [2.75, 3.05) is 0 Å². The van der Waals surface area contributed by atoms with E-state index in [4.69, 9.17) is 11.6 Å². The molecule has 40 heavy (non-hydrogen) atoms. The molecular formula is C30H19ClF8O. The van der Waals surface area contributed by atoms with E-state index in [1.54, 1.807) is 12.1 Å². The van der Waals surface area contributed by atoms with Gasteiger partial charge in [0.25, 0.3) is 0 Å². The van der Waals surface area contributed by atoms with Crippen LogP contribution in [0.2, 0.25) is 5.02 Å². The molecule has 4 aromatic rings. The minimum Gasteiger partial charge on any atom is -0.429 e. The van der Waals surface area contributed by atoms with Crippen molar-refractivity contribution in [2.45, 2.75) is 25.9 Å². The van der Waals surface area contributed by atoms with Gasteiger partial charge in [-0.15, -0.1) is 0 Å². The van der Waals surface area contributed by atoms with Crippen molar-refractivity contribution in [2.24, 2.45) is 0 Å². The summed E-state index contributed by atoms with van der Waals surface area (Å²) in [4.78, 5) is 0. The third-order valence-electron chi connectivity index (χ3n) is 5.99. The van der Waals surface area contributed by atoms with Crippen LogP contribution in [0, 0.1) is 34.9 Å². The van der Waals surface area contributed by atoms with E-state index in [2.05, 4.69) is 4.74 Å². The van der Waals surface area contributed by atoms with Crippen LogP contribution in [-0.4, -0.2) is 0 Å². The molecule has 0 radical (unpaired) electrons. The van der Waals surface area contributed by atoms with Crippen molar-refractivity contribution in [1.82, 2.24) is 0 Å². The summed E-state index contributed by atoms with van der Waals surface area (Å²) in [6.07, 6.45) is 0.867. The molecular weight excluding hydrogens is 564 g/mol. The van der Waals surface area contributed by atoms with E-state index in [0.717, 1.165) is 24.5 Å². The monoisotopic (exact) mass is 582 g/mol. The molecule has 0 spiro atoms. The predicted octanol–water partition coefficient (Wildman–Crippen LogP) is 10.1. The first-order chi connectivity index (χ1) is 18.9. The summed E-state index contributed by atoms with van der Waals surface area (Å²) >= 11 is 6.25. The van der Waals surface area contributed by atoms with Gasteiger partial charge in [-0.25, -0.2) is 26.3 Å². The molecule has 0 unspecified atom stereocenters. The second-order valence-corrected chi connectivity index (χ2v) is 9.16. The third kappa shape index (κ3) is 6.14. The van der Waals surface area contributed by atoms with Crippen LogP contribution in [0.5, 0.6) is 5.75 Å². The van der Waals surface area contributed by atoms with Crippen LogP contribution >= 0.6 is 11.6 Å². The third-order valence-corrected chi connectivity index (χ3v) is 6.29. The van der Waals surface area contributed by atoms with Gasteiger partial charge >= 0.3 is 6.11 Å². The summed E-state index contributed by atoms with van der Waals surface area (Å²) < 4.78 is 118. The molecule has 0 aliphatic rings. The fraction of sp³-hybridized carbons (Fsp3) is 0.133. The van der Waals surface area contributed by atoms with Gasteiger partial charge in [0.2, 0.25) is 0 Å². The van der Waals surface area contributed by atoms with E-state index < -0.39 is 63.5 Å². The minimum atomic E-state index is -4.78. The average molecular weight is 583 g/mol. The van der Waals surface area contributed by atoms with Gasteiger partial charge < -0.3 is 4.74 Å². The number of hydrogen-bond acceptors (Lipinski definition) is 1. The molecule has 0 amide bonds. The maximum absolute atomic E-state index is 15.1. The Hall–Kier alpha value is -3.85. The highest BCUT2D eigenvalue weighted by Crippen LogP contribution is 2.40. The lowest BCUT2D eigenvalue weighted by molar-refractivity contribution is -0.189. The fourth-order valence-electron chi connectivity index (χ4n) is 4.08. The molecule has 0 N–H and O–H groups in total. The van der Waals surface area contributed by atoms with E-state index >= 15 is 4.39 Å². The molecule has 0 aliphatic carbocycles. The van der Waals surface area contributed by atoms with Crippen molar-refractivity contribution >= 4 is 11.6 Å². The van der Waals surface area contributed by atoms with Gasteiger partial charge in [0.1, 0.15) is 28.8 Å². The number of allylic oxidation sites excluding steroid dienone is 2. The summed E-state index contributed by atoms with van der Waals surface area (Å²) in [5.41, 5.74) is -0.773. The fourth-order valence-corrected chi connectivity index (χ4v) is 4.40. The van der Waals surface area contributed by atoms with Crippen LogP contribution in [0.25, 0.3) is 22.3 Å². The smallest absolute Gasteiger partial charge is 0.429 e. The number of hydrogen-bond donors (Lipinski definition) is 0. The van der Waals surface area contributed by atoms with Crippen LogP contribution in [0.15, 0.2) is 72.8 Å². The first-order valence-electron chi connectivity index (χ1n) is 11.8. The Labute approximate surface area is 229 Å². The largest absolute Gasteiger partial charge is 0.432 e. The highest BCUT2D eigenvalue weighted by molar-refractivity contribution is 6.33. The molecule has 208 valence electrons. The van der Waals surface area contributed by atoms with Crippen molar-refractivity contribution in [3.8, 4) is 28.0 Å². The zero-order chi connectivity index (χ0) is 29.2. The Morgan fingerprint density at radius 1 is 0.725 bits per heavy atom. The van der Waals surface area contributed by atoms with Crippen molar-refractivity contribution in [1.29, 1.82) is 0 Å². The van der Waals surface area contributed by atoms with Crippen LogP contribution in [-0.2, 0) is 12.5 Å². The standard InChI is InChI=1S/C30H19ClF8O/c1-2-3-4-5-16-6-8-17(9-7-16)18-10-21(31)27(22(32)11-18)19-12-23(33)28(24(34)13-19)30(38,39)40-20-14-25(35)29(37)26(36)15-20/h2-3,6-15H,4-5H2,1H3/b3-2+. The van der Waals surface area contributed by atoms with Gasteiger partial charge in [-0.1, -0.05) is 48.0 Å². The first kappa shape index (κ1) is 29.1. The van der Waals surface area contributed by atoms with Gasteiger partial charge in [0, 0.05) is 17.7 Å². The number of aryl methyl sites for hydroxylation is 1. The number of benzene rings is 4. The Morgan fingerprint density at radius 3 is 1.85 bits per heavy atom. The van der Waals surface area contributed by atoms with E-state index in [9.17, 15) is 30.7 Å². The molecule has 0 aliphatic heterocycles. The number of alkyl halides is 2. The van der Waals surface area contributed by atoms with E-state index in [1.165, 1.54) is 6.07 Å². The minimum absolute atomic E-state index is 0.0879. The highest BCUT2D eigenvalue weighted by Gasteiger charge is 2.41. The summed E-state index contributed by atoms with van der Waals surface area (Å²) in [5.74, 6) is -11.5. The van der Waals surface area contributed by atoms with Gasteiger partial charge in [-0.3, -0.25) is 0 Å². The van der Waals surface area contributed by atoms with Gasteiger partial charge in [0.05, 0.1) is 5.02 Å². The van der Waals surface area contributed by atoms with Crippen molar-refractivity contribution < 1.29 is 39.9 Å². The van der Waals surface area contributed by atoms with Crippen LogP contribution in [0.3, 0.4) is 0 Å². The summed E-state index contributed by atoms with van der Waals surface area (Å²) in [7, 11) is 0. The van der Waals surface area contributed by atoms with E-state index in [1.807, 2.05) is 31.2 Å². The Balaban J connectivity index is 1.64. The molecule has 1 nitrogen and oxygen atoms in total. The molecule has 0 bridgehead atoms. The SMILES string of the molecule is C/C=C/CCc1ccc(-c2cc(F)c(-c3cc(F)c(C(F)(F)Oc4cc(F)c(F)c(F)c4)c(F)c3)c(Cl)c2)cc1. The lowest BCUT2D eigenvalue weighted by Gasteiger charge is -2.20. The second kappa shape index (κ2) is 11.7. The summed E-state index contributed by atoms with van der Waals surface area (Å²) in [6, 6.07) is 10.8. The summed E-state index contributed by atoms with van der Waals surface area (Å²) in [6.45, 7) is 1.93. The van der Waals surface area contributed by atoms with Gasteiger partial charge in [-0.05, 0) is 66.3 Å². The normalized spacial score (nSPS) is 11.8. The Bertz CT molecular complexity index is 1510. The average Bonchev–Trinajstić information content (AvgIpc) is 2.86. The van der Waals surface area contributed by atoms with Crippen LogP contribution in [0.4, 0.5) is 35.1 Å². The quantitative estimate of drug-likeness (QED) is 0.114. The second-order valence-electron chi connectivity index (χ2n) is 8.75. The zero-order valence-corrected chi connectivity index (χ0v) is 21.4. The van der Waals surface area contributed by atoms with Crippen molar-refractivity contribution in [3.63, 3.8) is 0 Å². The molecule has 0 heterocycles. The van der Waals surface area contributed by atoms with Crippen molar-refractivity contribution in [3.05, 3.63) is 124 Å². The Kier molecular flexibility index (Phi) is 8.54. The van der Waals surface area contributed by atoms with Gasteiger partial charge in [-0.2, -0.15) is 8.78 Å². The summed E-state index contributed by atoms with van der Waals surface area (Å²) in [5, 5.41) is -0.237. The van der Waals surface area contributed by atoms with Gasteiger partial charge in [0.15, 0.2) is 17.5 Å². The number of halogens is 9. The molecule has 0 saturated heterocycles. The molecule has 0 atom stereocenters. The Morgan fingerprint density at radius 2 is 1.30 bits per heavy atom. The molecule has 10 heteroatoms. The number of ether oxygens (including phenoxy) is 1. The lowest BCUT2D eigenvalue weighted by atomic mass is 9.97. The topological polar surface area (TPSA) is 9.23 Å². The van der Waals surface area contributed by atoms with E-state index in [-0.39, 0.29) is 17.2 Å². The molecule has 0 saturated carbocycles.